The molecule has 204 valence electrons. The van der Waals surface area contributed by atoms with E-state index in [2.05, 4.69) is 45.6 Å². The molecule has 4 rings (SSSR count). The number of rotatable bonds is 9. The molecule has 0 aromatic carbocycles. The Bertz CT molecular complexity index is 980. The molecular weight excluding hydrogens is 460 g/mol. The molecule has 4 heteroatoms. The first-order valence-electron chi connectivity index (χ1n) is 14.6. The van der Waals surface area contributed by atoms with Crippen molar-refractivity contribution in [3.63, 3.8) is 0 Å². The minimum absolute atomic E-state index is 0.0792. The van der Waals surface area contributed by atoms with Crippen LogP contribution >= 0.6 is 0 Å². The summed E-state index contributed by atoms with van der Waals surface area (Å²) < 4.78 is 0. The highest BCUT2D eigenvalue weighted by atomic mass is 16.3. The van der Waals surface area contributed by atoms with Gasteiger partial charge in [0.2, 0.25) is 0 Å². The molecule has 7 atom stereocenters. The van der Waals surface area contributed by atoms with E-state index in [0.717, 1.165) is 43.3 Å². The van der Waals surface area contributed by atoms with Crippen molar-refractivity contribution in [1.29, 1.82) is 0 Å². The molecular formula is C33H48O4. The van der Waals surface area contributed by atoms with Gasteiger partial charge in [0.25, 0.3) is 0 Å². The summed E-state index contributed by atoms with van der Waals surface area (Å²) in [5.74, 6) is 1.50. The quantitative estimate of drug-likeness (QED) is 0.249. The maximum absolute atomic E-state index is 12.7. The Hall–Kier alpha value is -1.75. The minimum atomic E-state index is -0.707. The van der Waals surface area contributed by atoms with Crippen molar-refractivity contribution < 1.29 is 20.1 Å². The van der Waals surface area contributed by atoms with Gasteiger partial charge in [0.05, 0.1) is 23.7 Å². The molecule has 4 fully saturated rings. The fourth-order valence-electron chi connectivity index (χ4n) is 7.55. The molecule has 4 aliphatic carbocycles. The average Bonchev–Trinajstić information content (AvgIpc) is 3.60. The van der Waals surface area contributed by atoms with Crippen molar-refractivity contribution in [3.8, 4) is 0 Å². The lowest BCUT2D eigenvalue weighted by Gasteiger charge is -2.44. The van der Waals surface area contributed by atoms with Crippen molar-refractivity contribution in [1.82, 2.24) is 0 Å². The standard InChI is InChI=1S/C33H48O4/c1-5-6-7-10-30(36)33(18-19-33)31(37)16-11-22(2)27-14-15-28-24(9-8-17-32(27,28)4)12-13-25-20-26(34)21-29(35)23(25)3/h7,10-13,16,22,26-29,31,34-35,37H,3,5-6,8-9,14-15,17-21H2,1-2,4H3/b10-7+,16-11+,24-12+,25-13-/t22-,26-,27-,28?,29+,31?,32-/m1/s1. The molecule has 0 amide bonds. The maximum atomic E-state index is 12.7. The van der Waals surface area contributed by atoms with Crippen LogP contribution in [0.1, 0.15) is 91.4 Å². The van der Waals surface area contributed by atoms with Gasteiger partial charge in [-0.05, 0) is 98.2 Å². The van der Waals surface area contributed by atoms with Crippen molar-refractivity contribution in [3.05, 3.63) is 59.8 Å². The third-order valence-electron chi connectivity index (χ3n) is 10.1. The molecule has 0 spiro atoms. The van der Waals surface area contributed by atoms with Gasteiger partial charge in [-0.3, -0.25) is 4.79 Å². The van der Waals surface area contributed by atoms with E-state index in [1.54, 1.807) is 6.08 Å². The molecule has 0 bridgehead atoms. The summed E-state index contributed by atoms with van der Waals surface area (Å²) in [6.07, 6.45) is 20.5. The molecule has 4 nitrogen and oxygen atoms in total. The van der Waals surface area contributed by atoms with Crippen molar-refractivity contribution >= 4 is 5.78 Å². The number of hydrogen-bond donors (Lipinski definition) is 3. The average molecular weight is 509 g/mol. The summed E-state index contributed by atoms with van der Waals surface area (Å²) in [6, 6.07) is 0. The van der Waals surface area contributed by atoms with E-state index in [1.165, 1.54) is 31.3 Å². The summed E-state index contributed by atoms with van der Waals surface area (Å²) in [4.78, 5) is 12.7. The van der Waals surface area contributed by atoms with Crippen LogP contribution in [0.4, 0.5) is 0 Å². The van der Waals surface area contributed by atoms with Crippen LogP contribution in [0.25, 0.3) is 0 Å². The highest BCUT2D eigenvalue weighted by molar-refractivity contribution is 5.97. The minimum Gasteiger partial charge on any atom is -0.393 e. The van der Waals surface area contributed by atoms with Gasteiger partial charge in [0.1, 0.15) is 0 Å². The normalized spacial score (nSPS) is 37.4. The Morgan fingerprint density at radius 2 is 1.92 bits per heavy atom. The number of fused-ring (bicyclic) bond motifs is 1. The Balaban J connectivity index is 1.44. The SMILES string of the molecule is C=C1/C(=C\C=C2/CCC[C@@]3(C)C2CC[C@@H]3[C@H](C)/C=C/C(O)C2(C(=O)/C=C/CCC)CC2)C[C@@H](O)C[C@@H]1O. The zero-order chi connectivity index (χ0) is 26.8. The van der Waals surface area contributed by atoms with Crippen molar-refractivity contribution in [2.75, 3.05) is 0 Å². The second-order valence-corrected chi connectivity index (χ2v) is 12.6. The number of hydrogen-bond acceptors (Lipinski definition) is 4. The number of aliphatic hydroxyl groups excluding tert-OH is 3. The summed E-state index contributed by atoms with van der Waals surface area (Å²) in [5.41, 5.74) is 2.83. The van der Waals surface area contributed by atoms with E-state index in [1.807, 2.05) is 12.2 Å². The molecule has 0 aromatic rings. The maximum Gasteiger partial charge on any atom is 0.164 e. The molecule has 2 unspecified atom stereocenters. The van der Waals surface area contributed by atoms with E-state index in [-0.39, 0.29) is 11.2 Å². The predicted octanol–water partition coefficient (Wildman–Crippen LogP) is 6.39. The van der Waals surface area contributed by atoms with Gasteiger partial charge in [-0.2, -0.15) is 0 Å². The molecule has 0 saturated heterocycles. The summed E-state index contributed by atoms with van der Waals surface area (Å²) in [5, 5.41) is 31.3. The van der Waals surface area contributed by atoms with Gasteiger partial charge < -0.3 is 15.3 Å². The molecule has 37 heavy (non-hydrogen) atoms. The summed E-state index contributed by atoms with van der Waals surface area (Å²) in [6.45, 7) is 10.9. The zero-order valence-corrected chi connectivity index (χ0v) is 23.2. The number of carbonyl (C=O) groups is 1. The highest BCUT2D eigenvalue weighted by Crippen LogP contribution is 2.59. The van der Waals surface area contributed by atoms with Crippen LogP contribution in [0.2, 0.25) is 0 Å². The van der Waals surface area contributed by atoms with Crippen LogP contribution in [0.3, 0.4) is 0 Å². The molecule has 3 N–H and O–H groups in total. The molecule has 0 aromatic heterocycles. The van der Waals surface area contributed by atoms with Gasteiger partial charge in [-0.15, -0.1) is 0 Å². The molecule has 0 heterocycles. The van der Waals surface area contributed by atoms with E-state index >= 15 is 0 Å². The first kappa shape index (κ1) is 28.3. The van der Waals surface area contributed by atoms with E-state index in [4.69, 9.17) is 0 Å². The lowest BCUT2D eigenvalue weighted by molar-refractivity contribution is -0.122. The number of aliphatic hydroxyl groups is 3. The Morgan fingerprint density at radius 1 is 1.16 bits per heavy atom. The zero-order valence-electron chi connectivity index (χ0n) is 23.2. The van der Waals surface area contributed by atoms with Crippen LogP contribution in [0.5, 0.6) is 0 Å². The Morgan fingerprint density at radius 3 is 2.62 bits per heavy atom. The topological polar surface area (TPSA) is 77.8 Å². The second kappa shape index (κ2) is 11.6. The van der Waals surface area contributed by atoms with Gasteiger partial charge in [0.15, 0.2) is 5.78 Å². The number of carbonyl (C=O) groups excluding carboxylic acids is 1. The second-order valence-electron chi connectivity index (χ2n) is 12.6. The van der Waals surface area contributed by atoms with Crippen LogP contribution in [0, 0.1) is 28.6 Å². The molecule has 0 radical (unpaired) electrons. The van der Waals surface area contributed by atoms with Gasteiger partial charge in [-0.25, -0.2) is 0 Å². The van der Waals surface area contributed by atoms with Crippen molar-refractivity contribution in [2.45, 2.75) is 110 Å². The van der Waals surface area contributed by atoms with E-state index in [0.29, 0.717) is 30.6 Å². The third kappa shape index (κ3) is 5.82. The van der Waals surface area contributed by atoms with Gasteiger partial charge >= 0.3 is 0 Å². The van der Waals surface area contributed by atoms with E-state index < -0.39 is 23.7 Å². The number of unbranched alkanes of at least 4 members (excludes halogenated alkanes) is 1. The third-order valence-corrected chi connectivity index (χ3v) is 10.1. The smallest absolute Gasteiger partial charge is 0.164 e. The largest absolute Gasteiger partial charge is 0.393 e. The highest BCUT2D eigenvalue weighted by Gasteiger charge is 2.53. The van der Waals surface area contributed by atoms with Gasteiger partial charge in [0, 0.05) is 6.42 Å². The number of ketones is 1. The first-order valence-corrected chi connectivity index (χ1v) is 14.6. The van der Waals surface area contributed by atoms with Crippen LogP contribution < -0.4 is 0 Å². The predicted molar refractivity (Wildman–Crippen MR) is 150 cm³/mol. The monoisotopic (exact) mass is 508 g/mol. The fraction of sp³-hybridized carbons (Fsp3) is 0.667. The lowest BCUT2D eigenvalue weighted by Crippen LogP contribution is -2.35. The van der Waals surface area contributed by atoms with Crippen LogP contribution in [-0.2, 0) is 4.79 Å². The van der Waals surface area contributed by atoms with E-state index in [9.17, 15) is 20.1 Å². The van der Waals surface area contributed by atoms with Crippen molar-refractivity contribution in [2.24, 2.45) is 28.6 Å². The summed E-state index contributed by atoms with van der Waals surface area (Å²) in [7, 11) is 0. The Kier molecular flexibility index (Phi) is 8.82. The van der Waals surface area contributed by atoms with Crippen LogP contribution in [0.15, 0.2) is 59.8 Å². The molecule has 4 aliphatic rings. The summed E-state index contributed by atoms with van der Waals surface area (Å²) >= 11 is 0. The lowest BCUT2D eigenvalue weighted by atomic mass is 9.61. The Labute approximate surface area is 223 Å². The van der Waals surface area contributed by atoms with Crippen LogP contribution in [-0.4, -0.2) is 39.4 Å². The number of allylic oxidation sites excluding steroid dienone is 6. The van der Waals surface area contributed by atoms with Gasteiger partial charge in [-0.1, -0.05) is 69.7 Å². The molecule has 4 saturated carbocycles. The first-order chi connectivity index (χ1) is 17.6. The fourth-order valence-corrected chi connectivity index (χ4v) is 7.55. The molecule has 0 aliphatic heterocycles.